The van der Waals surface area contributed by atoms with E-state index in [4.69, 9.17) is 5.73 Å². The number of amides is 2. The fourth-order valence-corrected chi connectivity index (χ4v) is 3.19. The highest BCUT2D eigenvalue weighted by molar-refractivity contribution is 7.08. The maximum absolute atomic E-state index is 12.3. The molecule has 0 radical (unpaired) electrons. The van der Waals surface area contributed by atoms with Crippen LogP contribution in [0.2, 0.25) is 0 Å². The Morgan fingerprint density at radius 3 is 2.50 bits per heavy atom. The number of rotatable bonds is 2. The summed E-state index contributed by atoms with van der Waals surface area (Å²) in [6.45, 7) is 2.59. The molecule has 5 nitrogen and oxygen atoms in total. The highest BCUT2D eigenvalue weighted by Gasteiger charge is 2.48. The minimum atomic E-state index is -0.605. The van der Waals surface area contributed by atoms with E-state index < -0.39 is 5.54 Å². The molecule has 1 aromatic rings. The third kappa shape index (κ3) is 2.58. The highest BCUT2D eigenvalue weighted by Crippen LogP contribution is 2.34. The van der Waals surface area contributed by atoms with Gasteiger partial charge >= 0.3 is 0 Å². The summed E-state index contributed by atoms with van der Waals surface area (Å²) in [5.74, 6) is 0.122. The molecule has 1 aromatic heterocycles. The molecule has 2 N–H and O–H groups in total. The van der Waals surface area contributed by atoms with Crippen LogP contribution in [-0.4, -0.2) is 53.3 Å². The largest absolute Gasteiger partial charge is 0.339 e. The third-order valence-electron chi connectivity index (χ3n) is 4.05. The molecule has 0 unspecified atom stereocenters. The maximum Gasteiger partial charge on any atom is 0.254 e. The van der Waals surface area contributed by atoms with E-state index in [0.29, 0.717) is 26.2 Å². The molecule has 3 rings (SSSR count). The van der Waals surface area contributed by atoms with Gasteiger partial charge in [-0.05, 0) is 30.7 Å². The molecule has 1 saturated heterocycles. The van der Waals surface area contributed by atoms with Gasteiger partial charge in [-0.1, -0.05) is 0 Å². The molecule has 2 fully saturated rings. The smallest absolute Gasteiger partial charge is 0.254 e. The van der Waals surface area contributed by atoms with E-state index in [2.05, 4.69) is 0 Å². The first-order valence-corrected chi connectivity index (χ1v) is 7.94. The van der Waals surface area contributed by atoms with E-state index in [1.807, 2.05) is 26.6 Å². The van der Waals surface area contributed by atoms with E-state index in [-0.39, 0.29) is 11.8 Å². The number of thiophene rings is 1. The Bertz CT molecular complexity index is 510. The van der Waals surface area contributed by atoms with Crippen molar-refractivity contribution >= 4 is 23.2 Å². The van der Waals surface area contributed by atoms with Crippen molar-refractivity contribution in [1.29, 1.82) is 0 Å². The Morgan fingerprint density at radius 1 is 1.15 bits per heavy atom. The number of hydrogen-bond acceptors (Lipinski definition) is 4. The Kier molecular flexibility index (Phi) is 3.52. The second-order valence-electron chi connectivity index (χ2n) is 5.61. The van der Waals surface area contributed by atoms with Gasteiger partial charge in [-0.3, -0.25) is 9.59 Å². The lowest BCUT2D eigenvalue weighted by atomic mass is 10.2. The van der Waals surface area contributed by atoms with Gasteiger partial charge in [0, 0.05) is 31.6 Å². The first kappa shape index (κ1) is 13.6. The van der Waals surface area contributed by atoms with Crippen molar-refractivity contribution in [2.45, 2.75) is 24.8 Å². The molecule has 2 aliphatic rings. The molecule has 2 amide bonds. The monoisotopic (exact) mass is 293 g/mol. The Morgan fingerprint density at radius 2 is 1.85 bits per heavy atom. The van der Waals surface area contributed by atoms with Gasteiger partial charge in [-0.15, -0.1) is 0 Å². The maximum atomic E-state index is 12.3. The van der Waals surface area contributed by atoms with Crippen molar-refractivity contribution in [1.82, 2.24) is 9.80 Å². The Hall–Kier alpha value is -1.40. The molecular formula is C14H19N3O2S. The van der Waals surface area contributed by atoms with Crippen molar-refractivity contribution in [3.05, 3.63) is 22.4 Å². The van der Waals surface area contributed by atoms with E-state index in [1.54, 1.807) is 0 Å². The van der Waals surface area contributed by atoms with Gasteiger partial charge in [-0.2, -0.15) is 11.3 Å². The molecular weight excluding hydrogens is 274 g/mol. The first-order chi connectivity index (χ1) is 9.60. The van der Waals surface area contributed by atoms with Crippen LogP contribution in [0.4, 0.5) is 0 Å². The Balaban J connectivity index is 1.62. The average Bonchev–Trinajstić information content (AvgIpc) is 3.05. The lowest BCUT2D eigenvalue weighted by Crippen LogP contribution is -2.47. The molecule has 6 heteroatoms. The SMILES string of the molecule is NC1(C(=O)N2CCCN(C(=O)c3ccsc3)CC2)CC1. The van der Waals surface area contributed by atoms with Crippen LogP contribution >= 0.6 is 11.3 Å². The van der Waals surface area contributed by atoms with Crippen LogP contribution in [0.15, 0.2) is 16.8 Å². The van der Waals surface area contributed by atoms with Crippen LogP contribution in [0.3, 0.4) is 0 Å². The molecule has 0 atom stereocenters. The second-order valence-corrected chi connectivity index (χ2v) is 6.39. The topological polar surface area (TPSA) is 66.6 Å². The van der Waals surface area contributed by atoms with Crippen molar-refractivity contribution < 1.29 is 9.59 Å². The highest BCUT2D eigenvalue weighted by atomic mass is 32.1. The van der Waals surface area contributed by atoms with Gasteiger partial charge in [0.05, 0.1) is 11.1 Å². The number of nitrogens with two attached hydrogens (primary N) is 1. The molecule has 1 saturated carbocycles. The summed E-state index contributed by atoms with van der Waals surface area (Å²) >= 11 is 1.53. The molecule has 20 heavy (non-hydrogen) atoms. The molecule has 1 aliphatic heterocycles. The summed E-state index contributed by atoms with van der Waals surface area (Å²) in [5.41, 5.74) is 6.11. The van der Waals surface area contributed by atoms with Gasteiger partial charge in [0.2, 0.25) is 5.91 Å². The van der Waals surface area contributed by atoms with Gasteiger partial charge in [0.15, 0.2) is 0 Å². The van der Waals surface area contributed by atoms with E-state index in [1.165, 1.54) is 11.3 Å². The molecule has 108 valence electrons. The normalized spacial score (nSPS) is 21.4. The summed E-state index contributed by atoms with van der Waals surface area (Å²) in [7, 11) is 0. The fourth-order valence-electron chi connectivity index (χ4n) is 2.56. The zero-order valence-corrected chi connectivity index (χ0v) is 12.2. The van der Waals surface area contributed by atoms with Crippen LogP contribution in [0, 0.1) is 0 Å². The summed E-state index contributed by atoms with van der Waals surface area (Å²) in [6.07, 6.45) is 2.40. The van der Waals surface area contributed by atoms with E-state index in [0.717, 1.165) is 24.8 Å². The predicted octanol–water partition coefficient (Wildman–Crippen LogP) is 0.914. The summed E-state index contributed by atoms with van der Waals surface area (Å²) in [5, 5.41) is 3.78. The quantitative estimate of drug-likeness (QED) is 0.881. The van der Waals surface area contributed by atoms with Crippen LogP contribution in [-0.2, 0) is 4.79 Å². The minimum Gasteiger partial charge on any atom is -0.339 e. The molecule has 2 heterocycles. The average molecular weight is 293 g/mol. The molecule has 0 spiro atoms. The summed E-state index contributed by atoms with van der Waals surface area (Å²) in [6, 6.07) is 1.85. The van der Waals surface area contributed by atoms with Crippen LogP contribution in [0.25, 0.3) is 0 Å². The fraction of sp³-hybridized carbons (Fsp3) is 0.571. The zero-order valence-electron chi connectivity index (χ0n) is 11.4. The van der Waals surface area contributed by atoms with Gasteiger partial charge in [0.25, 0.3) is 5.91 Å². The summed E-state index contributed by atoms with van der Waals surface area (Å²) in [4.78, 5) is 28.2. The van der Waals surface area contributed by atoms with E-state index in [9.17, 15) is 9.59 Å². The number of nitrogens with zero attached hydrogens (tertiary/aromatic N) is 2. The van der Waals surface area contributed by atoms with Crippen LogP contribution in [0.1, 0.15) is 29.6 Å². The van der Waals surface area contributed by atoms with E-state index >= 15 is 0 Å². The second kappa shape index (κ2) is 5.18. The summed E-state index contributed by atoms with van der Waals surface area (Å²) < 4.78 is 0. The van der Waals surface area contributed by atoms with Gasteiger partial charge in [0.1, 0.15) is 0 Å². The van der Waals surface area contributed by atoms with Crippen molar-refractivity contribution in [2.24, 2.45) is 5.73 Å². The lowest BCUT2D eigenvalue weighted by Gasteiger charge is -2.24. The Labute approximate surface area is 122 Å². The van der Waals surface area contributed by atoms with Crippen LogP contribution in [0.5, 0.6) is 0 Å². The van der Waals surface area contributed by atoms with Gasteiger partial charge < -0.3 is 15.5 Å². The first-order valence-electron chi connectivity index (χ1n) is 7.00. The standard InChI is InChI=1S/C14H19N3O2S/c15-14(3-4-14)13(19)17-6-1-5-16(7-8-17)12(18)11-2-9-20-10-11/h2,9-10H,1,3-8,15H2. The number of hydrogen-bond donors (Lipinski definition) is 1. The molecule has 1 aliphatic carbocycles. The number of carbonyl (C=O) groups is 2. The van der Waals surface area contributed by atoms with Crippen molar-refractivity contribution in [3.8, 4) is 0 Å². The zero-order chi connectivity index (χ0) is 14.2. The van der Waals surface area contributed by atoms with Gasteiger partial charge in [-0.25, -0.2) is 0 Å². The number of carbonyl (C=O) groups excluding carboxylic acids is 2. The molecule has 0 aromatic carbocycles. The van der Waals surface area contributed by atoms with Crippen molar-refractivity contribution in [2.75, 3.05) is 26.2 Å². The minimum absolute atomic E-state index is 0.0577. The van der Waals surface area contributed by atoms with Crippen LogP contribution < -0.4 is 5.73 Å². The lowest BCUT2D eigenvalue weighted by molar-refractivity contribution is -0.133. The van der Waals surface area contributed by atoms with Crippen molar-refractivity contribution in [3.63, 3.8) is 0 Å². The molecule has 0 bridgehead atoms. The predicted molar refractivity (Wildman–Crippen MR) is 77.6 cm³/mol. The third-order valence-corrected chi connectivity index (χ3v) is 4.74.